The molecule has 2 unspecified atom stereocenters. The number of phenolic OH excluding ortho intramolecular Hbond substituents is 1. The van der Waals surface area contributed by atoms with Crippen molar-refractivity contribution >= 4 is 54.8 Å². The maximum atomic E-state index is 13.4. The van der Waals surface area contributed by atoms with E-state index >= 15 is 0 Å². The second-order valence-electron chi connectivity index (χ2n) is 14.4. The minimum atomic E-state index is -3.94. The van der Waals surface area contributed by atoms with Gasteiger partial charge in [0.1, 0.15) is 17.6 Å². The normalized spacial score (nSPS) is 20.2. The molecule has 14 nitrogen and oxygen atoms in total. The molecule has 0 bridgehead atoms. The van der Waals surface area contributed by atoms with Crippen LogP contribution in [0.25, 0.3) is 22.3 Å². The molecule has 2 fully saturated rings. The van der Waals surface area contributed by atoms with E-state index in [0.29, 0.717) is 67.9 Å². The van der Waals surface area contributed by atoms with Crippen molar-refractivity contribution in [3.05, 3.63) is 83.9 Å². The summed E-state index contributed by atoms with van der Waals surface area (Å²) in [6.45, 7) is -0.505. The predicted octanol–water partition coefficient (Wildman–Crippen LogP) is 7.28. The zero-order chi connectivity index (χ0) is 44.7. The maximum absolute atomic E-state index is 13.4. The van der Waals surface area contributed by atoms with Gasteiger partial charge in [0.2, 0.25) is 0 Å². The molecule has 324 valence electrons. The Labute approximate surface area is 355 Å². The van der Waals surface area contributed by atoms with E-state index in [1.54, 1.807) is 55.6 Å². The van der Waals surface area contributed by atoms with Crippen LogP contribution in [0.5, 0.6) is 11.5 Å². The number of aromatic hydroxyl groups is 1. The highest BCUT2D eigenvalue weighted by Crippen LogP contribution is 2.53. The van der Waals surface area contributed by atoms with Crippen LogP contribution in [-0.2, 0) is 29.9 Å². The third-order valence-corrected chi connectivity index (χ3v) is 14.2. The number of nitrogens with zero attached hydrogens (tertiary/aromatic N) is 6. The van der Waals surface area contributed by atoms with Crippen molar-refractivity contribution < 1.29 is 53.7 Å². The molecule has 8 rings (SSSR count). The number of alkyl halides is 5. The van der Waals surface area contributed by atoms with Crippen molar-refractivity contribution in [1.29, 1.82) is 10.5 Å². The van der Waals surface area contributed by atoms with E-state index in [4.69, 9.17) is 21.1 Å². The van der Waals surface area contributed by atoms with Crippen LogP contribution in [0.2, 0.25) is 0 Å². The second kappa shape index (κ2) is 17.1. The highest BCUT2D eigenvalue weighted by Gasteiger charge is 2.60. The van der Waals surface area contributed by atoms with E-state index in [1.807, 2.05) is 6.07 Å². The van der Waals surface area contributed by atoms with Crippen molar-refractivity contribution in [2.45, 2.75) is 24.7 Å². The van der Waals surface area contributed by atoms with Crippen LogP contribution in [0.15, 0.2) is 72.8 Å². The van der Waals surface area contributed by atoms with Crippen LogP contribution < -0.4 is 22.0 Å². The van der Waals surface area contributed by atoms with E-state index in [9.17, 15) is 50.0 Å². The van der Waals surface area contributed by atoms with E-state index in [2.05, 4.69) is 10.8 Å². The van der Waals surface area contributed by atoms with Gasteiger partial charge in [0.25, 0.3) is 11.8 Å². The molecule has 2 aliphatic heterocycles. The molecule has 2 heterocycles. The van der Waals surface area contributed by atoms with Crippen LogP contribution in [0, 0.1) is 34.5 Å². The summed E-state index contributed by atoms with van der Waals surface area (Å²) in [5, 5.41) is 28.5. The van der Waals surface area contributed by atoms with Crippen LogP contribution >= 0.6 is 11.6 Å². The van der Waals surface area contributed by atoms with Crippen molar-refractivity contribution in [2.75, 3.05) is 71.5 Å². The number of hydrogen-bond donors (Lipinski definition) is 1. The van der Waals surface area contributed by atoms with E-state index in [-0.39, 0.29) is 38.5 Å². The van der Waals surface area contributed by atoms with E-state index in [1.165, 1.54) is 45.5 Å². The number of ether oxygens (including phenoxy) is 3. The molecule has 0 saturated heterocycles. The van der Waals surface area contributed by atoms with E-state index in [0.717, 1.165) is 17.2 Å². The van der Waals surface area contributed by atoms with Gasteiger partial charge >= 0.3 is 20.4 Å². The number of anilines is 4. The first-order chi connectivity index (χ1) is 28.7. The van der Waals surface area contributed by atoms with Gasteiger partial charge in [-0.3, -0.25) is 17.2 Å². The topological polar surface area (TPSA) is 177 Å². The average Bonchev–Trinajstić information content (AvgIpc) is 4.03. The number of halogens is 5. The van der Waals surface area contributed by atoms with Gasteiger partial charge in [0, 0.05) is 77.2 Å². The standard InChI is InChI=1S/C20H19F2N3O4S.C18H15F2N3O3S.C2H5ClO/c1-24-19-7-13(17-8-16(29-12-28-2)5-3-14(17)10-23)4-6-18(19)25(30(24,26)27)11-15-9-20(15,21)22;1-22-17-6-11(15-7-14(24)4-2-12(15)9-21)3-5-16(17)23(27(22,25)26)10-13-8-18(13,19)20;1-4-2-3/h3-8,15H,9,11-12H2,1-2H3;2-7,13,24H,8,10H2,1H3;2H2,1H3. The Kier molecular flexibility index (Phi) is 12.6. The fourth-order valence-corrected chi connectivity index (χ4v) is 9.69. The van der Waals surface area contributed by atoms with Gasteiger partial charge in [0.05, 0.1) is 46.0 Å². The Balaban J connectivity index is 0.000000189. The lowest BCUT2D eigenvalue weighted by molar-refractivity contribution is 0.0511. The zero-order valence-corrected chi connectivity index (χ0v) is 35.4. The Morgan fingerprint density at radius 1 is 0.705 bits per heavy atom. The largest absolute Gasteiger partial charge is 0.508 e. The molecule has 0 amide bonds. The third-order valence-electron chi connectivity index (χ3n) is 10.4. The predicted molar refractivity (Wildman–Crippen MR) is 221 cm³/mol. The third kappa shape index (κ3) is 8.95. The number of fused-ring (bicyclic) bond motifs is 2. The molecule has 61 heavy (non-hydrogen) atoms. The van der Waals surface area contributed by atoms with Crippen molar-refractivity contribution in [3.63, 3.8) is 0 Å². The maximum Gasteiger partial charge on any atom is 0.326 e. The summed E-state index contributed by atoms with van der Waals surface area (Å²) in [5.74, 6) is -7.14. The second-order valence-corrected chi connectivity index (χ2v) is 18.3. The Hall–Kier alpha value is -5.51. The summed E-state index contributed by atoms with van der Waals surface area (Å²) < 4.78 is 123. The van der Waals surface area contributed by atoms with Crippen LogP contribution in [0.3, 0.4) is 0 Å². The van der Waals surface area contributed by atoms with Crippen molar-refractivity contribution in [1.82, 2.24) is 0 Å². The summed E-state index contributed by atoms with van der Waals surface area (Å²) in [6, 6.07) is 23.3. The molecule has 0 aromatic heterocycles. The first-order valence-corrected chi connectivity index (χ1v) is 21.6. The molecule has 1 N–H and O–H groups in total. The molecule has 2 atom stereocenters. The molecule has 4 aromatic rings. The summed E-state index contributed by atoms with van der Waals surface area (Å²) in [7, 11) is -2.09. The van der Waals surface area contributed by atoms with Gasteiger partial charge in [-0.2, -0.15) is 27.4 Å². The number of methoxy groups -OCH3 is 2. The molecule has 4 aliphatic rings. The molecular weight excluding hydrogens is 868 g/mol. The highest BCUT2D eigenvalue weighted by molar-refractivity contribution is 7.95. The smallest absolute Gasteiger partial charge is 0.326 e. The molecule has 2 saturated carbocycles. The van der Waals surface area contributed by atoms with Gasteiger partial charge in [-0.25, -0.2) is 17.6 Å². The lowest BCUT2D eigenvalue weighted by Crippen LogP contribution is -2.37. The number of phenols is 1. The Morgan fingerprint density at radius 2 is 1.13 bits per heavy atom. The summed E-state index contributed by atoms with van der Waals surface area (Å²) >= 11 is 4.96. The van der Waals surface area contributed by atoms with Gasteiger partial charge in [-0.15, -0.1) is 0 Å². The zero-order valence-electron chi connectivity index (χ0n) is 33.0. The first kappa shape index (κ1) is 45.0. The summed E-state index contributed by atoms with van der Waals surface area (Å²) in [5.41, 5.74) is 4.24. The molecule has 0 spiro atoms. The number of benzene rings is 4. The highest BCUT2D eigenvalue weighted by atomic mass is 35.5. The summed E-state index contributed by atoms with van der Waals surface area (Å²) in [4.78, 5) is 0. The first-order valence-electron chi connectivity index (χ1n) is 18.3. The Bertz CT molecular complexity index is 2640. The monoisotopic (exact) mass is 906 g/mol. The molecule has 0 radical (unpaired) electrons. The average molecular weight is 907 g/mol. The molecule has 2 aliphatic carbocycles. The lowest BCUT2D eigenvalue weighted by Gasteiger charge is -2.18. The Morgan fingerprint density at radius 3 is 1.52 bits per heavy atom. The van der Waals surface area contributed by atoms with Crippen molar-refractivity contribution in [3.8, 4) is 45.9 Å². The molecule has 4 aromatic carbocycles. The number of rotatable bonds is 10. The van der Waals surface area contributed by atoms with Crippen LogP contribution in [-0.4, -0.2) is 88.1 Å². The molecule has 21 heteroatoms. The van der Waals surface area contributed by atoms with Crippen LogP contribution in [0.1, 0.15) is 24.0 Å². The van der Waals surface area contributed by atoms with Gasteiger partial charge in [-0.05, 0) is 71.8 Å². The van der Waals surface area contributed by atoms with Gasteiger partial charge < -0.3 is 19.3 Å². The molecular formula is C40H39ClF4N6O8S2. The summed E-state index contributed by atoms with van der Waals surface area (Å²) in [6.07, 6.45) is -0.624. The van der Waals surface area contributed by atoms with Crippen LogP contribution in [0.4, 0.5) is 40.3 Å². The lowest BCUT2D eigenvalue weighted by atomic mass is 9.99. The minimum Gasteiger partial charge on any atom is -0.508 e. The quantitative estimate of drug-likeness (QED) is 0.0967. The van der Waals surface area contributed by atoms with Gasteiger partial charge in [0.15, 0.2) is 6.79 Å². The SMILES string of the molecule is CN1c2cc(-c3cc(O)ccc3C#N)ccc2N(CC2CC2(F)F)S1(=O)=O.COCCl.COCOc1ccc(C#N)c(-c2ccc3c(c2)N(C)S(=O)(=O)N3CC2CC2(F)F)c1. The number of nitriles is 2. The fraction of sp³-hybridized carbons (Fsp3) is 0.350. The van der Waals surface area contributed by atoms with E-state index < -0.39 is 44.1 Å². The number of hydrogen-bond acceptors (Lipinski definition) is 10. The van der Waals surface area contributed by atoms with Gasteiger partial charge in [-0.1, -0.05) is 23.7 Å². The fourth-order valence-electron chi connectivity index (χ4n) is 6.77. The minimum absolute atomic E-state index is 0.0249. The van der Waals surface area contributed by atoms with Crippen molar-refractivity contribution in [2.24, 2.45) is 11.8 Å².